The summed E-state index contributed by atoms with van der Waals surface area (Å²) >= 11 is 0. The number of pyridine rings is 2. The first-order valence-corrected chi connectivity index (χ1v) is 18.4. The third kappa shape index (κ3) is 7.81. The molecule has 0 aliphatic rings. The Morgan fingerprint density at radius 2 is 1.06 bits per heavy atom. The number of rotatable bonds is 10. The molecule has 0 spiro atoms. The van der Waals surface area contributed by atoms with E-state index in [2.05, 4.69) is 74.7 Å². The second kappa shape index (κ2) is 14.4. The van der Waals surface area contributed by atoms with Crippen LogP contribution in [0.5, 0.6) is 11.8 Å². The summed E-state index contributed by atoms with van der Waals surface area (Å²) in [7, 11) is -1.92. The quantitative estimate of drug-likeness (QED) is 0.139. The Kier molecular flexibility index (Phi) is 10.3. The molecule has 3 N–H and O–H groups in total. The number of ether oxygens (including phenoxy) is 2. The highest BCUT2D eigenvalue weighted by Gasteiger charge is 2.37. The van der Waals surface area contributed by atoms with Gasteiger partial charge in [-0.25, -0.2) is 9.97 Å². The highest BCUT2D eigenvalue weighted by Crippen LogP contribution is 2.38. The molecule has 0 radical (unpaired) electrons. The normalized spacial score (nSPS) is 11.8. The van der Waals surface area contributed by atoms with E-state index in [0.717, 1.165) is 33.4 Å². The lowest BCUT2D eigenvalue weighted by molar-refractivity contribution is 0.253. The minimum Gasteiger partial charge on any atom is -0.472 e. The fourth-order valence-electron chi connectivity index (χ4n) is 4.57. The van der Waals surface area contributed by atoms with Gasteiger partial charge in [-0.3, -0.25) is 0 Å². The zero-order chi connectivity index (χ0) is 33.6. The van der Waals surface area contributed by atoms with E-state index in [-0.39, 0.29) is 11.6 Å². The van der Waals surface area contributed by atoms with Crippen molar-refractivity contribution in [3.8, 4) is 11.8 Å². The first kappa shape index (κ1) is 33.6. The number of fused-ring (bicyclic) bond motifs is 2. The van der Waals surface area contributed by atoms with Crippen LogP contribution in [0.15, 0.2) is 60.7 Å². The van der Waals surface area contributed by atoms with E-state index in [1.165, 1.54) is 0 Å². The molecule has 0 saturated heterocycles. The van der Waals surface area contributed by atoms with Gasteiger partial charge in [-0.15, -0.1) is 0 Å². The van der Waals surface area contributed by atoms with Crippen molar-refractivity contribution in [1.29, 1.82) is 0 Å². The Morgan fingerprint density at radius 3 is 1.51 bits per heavy atom. The smallest absolute Gasteiger partial charge is 0.221 e. The molecule has 2 aromatic carbocycles. The fraction of sp³-hybridized carbons (Fsp3) is 0.353. The second-order valence-corrected chi connectivity index (χ2v) is 17.6. The molecule has 6 aromatic rings. The molecule has 0 bridgehead atoms. The number of aromatic nitrogens is 8. The van der Waals surface area contributed by atoms with Gasteiger partial charge in [-0.1, -0.05) is 81.4 Å². The zero-order valence-corrected chi connectivity index (χ0v) is 29.0. The number of H-pyrrole nitrogens is 2. The van der Waals surface area contributed by atoms with Crippen molar-refractivity contribution >= 4 is 30.4 Å². The third-order valence-corrected chi connectivity index (χ3v) is 12.9. The summed E-state index contributed by atoms with van der Waals surface area (Å²) < 4.78 is 18.2. The number of hydrogen-bond donors (Lipinski definition) is 3. The van der Waals surface area contributed by atoms with Gasteiger partial charge in [0.1, 0.15) is 35.3 Å². The first-order chi connectivity index (χ1) is 22.5. The predicted octanol–water partition coefficient (Wildman–Crippen LogP) is 6.49. The maximum Gasteiger partial charge on any atom is 0.221 e. The Morgan fingerprint density at radius 1 is 0.638 bits per heavy atom. The molecule has 0 atom stereocenters. The standard InChI is InChI=1S/C20H28N4O2Si.C14H14N4O2/c1-14-17-18(23-24-22-17)16(13-26-27(5,6)20(2,3)4)19(21-14)25-12-15-10-8-7-9-11-15;1-9-12-13(17-18-16-12)11(7-19)14(15-9)20-8-10-5-3-2-4-6-10/h7-11H,12-13H2,1-6H3,(H,22,23,24);2-6,19H,7-8H2,1H3,(H,16,17,18). The summed E-state index contributed by atoms with van der Waals surface area (Å²) in [6.07, 6.45) is 0. The van der Waals surface area contributed by atoms with Gasteiger partial charge < -0.3 is 19.0 Å². The van der Waals surface area contributed by atoms with Gasteiger partial charge in [-0.05, 0) is 43.1 Å². The van der Waals surface area contributed by atoms with E-state index in [4.69, 9.17) is 13.9 Å². The van der Waals surface area contributed by atoms with Crippen molar-refractivity contribution in [2.75, 3.05) is 0 Å². The summed E-state index contributed by atoms with van der Waals surface area (Å²) in [5, 5.41) is 31.5. The van der Waals surface area contributed by atoms with Crippen LogP contribution in [0.1, 0.15) is 54.4 Å². The third-order valence-electron chi connectivity index (χ3n) is 8.39. The Bertz CT molecular complexity index is 1920. The van der Waals surface area contributed by atoms with Gasteiger partial charge in [0.25, 0.3) is 0 Å². The van der Waals surface area contributed by atoms with E-state index in [1.807, 2.05) is 74.5 Å². The number of hydrogen-bond acceptors (Lipinski definition) is 10. The second-order valence-electron chi connectivity index (χ2n) is 12.8. The lowest BCUT2D eigenvalue weighted by Gasteiger charge is -2.36. The average molecular weight is 655 g/mol. The van der Waals surface area contributed by atoms with Gasteiger partial charge in [0.15, 0.2) is 8.32 Å². The molecule has 4 aromatic heterocycles. The maximum absolute atomic E-state index is 9.52. The van der Waals surface area contributed by atoms with Crippen LogP contribution in [0.25, 0.3) is 22.1 Å². The number of benzene rings is 2. The molecule has 0 saturated carbocycles. The van der Waals surface area contributed by atoms with Crippen molar-refractivity contribution in [2.45, 2.75) is 79.2 Å². The highest BCUT2D eigenvalue weighted by molar-refractivity contribution is 6.74. The molecule has 0 aliphatic carbocycles. The van der Waals surface area contributed by atoms with E-state index in [1.54, 1.807) is 0 Å². The van der Waals surface area contributed by atoms with Crippen LogP contribution in [-0.2, 0) is 30.9 Å². The number of aryl methyl sites for hydroxylation is 2. The minimum atomic E-state index is -1.92. The van der Waals surface area contributed by atoms with Crippen LogP contribution < -0.4 is 9.47 Å². The van der Waals surface area contributed by atoms with Gasteiger partial charge in [0.2, 0.25) is 11.8 Å². The Balaban J connectivity index is 0.000000193. The van der Waals surface area contributed by atoms with E-state index in [0.29, 0.717) is 53.9 Å². The van der Waals surface area contributed by atoms with Gasteiger partial charge in [0, 0.05) is 0 Å². The number of aliphatic hydroxyl groups is 1. The van der Waals surface area contributed by atoms with Crippen LogP contribution in [0.2, 0.25) is 18.1 Å². The molecular formula is C34H42N8O4Si. The van der Waals surface area contributed by atoms with Crippen molar-refractivity contribution in [3.05, 3.63) is 94.3 Å². The SMILES string of the molecule is Cc1nc(OCc2ccccc2)c(CO)c2n[nH]nc12.Cc1nc(OCc2ccccc2)c(CO[Si](C)(C)C(C)(C)C)c2n[nH]nc12. The molecule has 0 fully saturated rings. The van der Waals surface area contributed by atoms with Crippen LogP contribution in [0.4, 0.5) is 0 Å². The lowest BCUT2D eigenvalue weighted by Crippen LogP contribution is -2.40. The topological polar surface area (TPSA) is 157 Å². The summed E-state index contributed by atoms with van der Waals surface area (Å²) in [6, 6.07) is 19.9. The molecule has 13 heteroatoms. The molecule has 0 unspecified atom stereocenters. The molecule has 47 heavy (non-hydrogen) atoms. The molecule has 0 amide bonds. The largest absolute Gasteiger partial charge is 0.472 e. The summed E-state index contributed by atoms with van der Waals surface area (Å²) in [5.41, 5.74) is 7.82. The Labute approximate surface area is 275 Å². The number of aliphatic hydroxyl groups excluding tert-OH is 1. The maximum atomic E-state index is 9.52. The lowest BCUT2D eigenvalue weighted by atomic mass is 10.2. The van der Waals surface area contributed by atoms with Crippen molar-refractivity contribution < 1.29 is 19.0 Å². The predicted molar refractivity (Wildman–Crippen MR) is 182 cm³/mol. The number of nitrogens with one attached hydrogen (secondary N) is 2. The minimum absolute atomic E-state index is 0.124. The zero-order valence-electron chi connectivity index (χ0n) is 28.0. The molecule has 6 rings (SSSR count). The number of aromatic amines is 2. The highest BCUT2D eigenvalue weighted by atomic mass is 28.4. The van der Waals surface area contributed by atoms with Crippen LogP contribution in [0, 0.1) is 13.8 Å². The molecule has 12 nitrogen and oxygen atoms in total. The van der Waals surface area contributed by atoms with Crippen molar-refractivity contribution in [1.82, 2.24) is 40.8 Å². The van der Waals surface area contributed by atoms with Crippen LogP contribution in [0.3, 0.4) is 0 Å². The average Bonchev–Trinajstić information content (AvgIpc) is 3.75. The van der Waals surface area contributed by atoms with Crippen LogP contribution >= 0.6 is 0 Å². The number of nitrogens with zero attached hydrogens (tertiary/aromatic N) is 6. The van der Waals surface area contributed by atoms with Gasteiger partial charge in [0.05, 0.1) is 35.7 Å². The van der Waals surface area contributed by atoms with Crippen LogP contribution in [-0.4, -0.2) is 54.2 Å². The molecule has 0 aliphatic heterocycles. The summed E-state index contributed by atoms with van der Waals surface area (Å²) in [6.45, 7) is 16.0. The summed E-state index contributed by atoms with van der Waals surface area (Å²) in [4.78, 5) is 9.00. The van der Waals surface area contributed by atoms with Crippen molar-refractivity contribution in [3.63, 3.8) is 0 Å². The van der Waals surface area contributed by atoms with Crippen molar-refractivity contribution in [2.24, 2.45) is 0 Å². The summed E-state index contributed by atoms with van der Waals surface area (Å²) in [5.74, 6) is 0.965. The van der Waals surface area contributed by atoms with Gasteiger partial charge in [-0.2, -0.15) is 30.8 Å². The van der Waals surface area contributed by atoms with E-state index < -0.39 is 8.32 Å². The molecular weight excluding hydrogens is 613 g/mol. The first-order valence-electron chi connectivity index (χ1n) is 15.5. The van der Waals surface area contributed by atoms with E-state index in [9.17, 15) is 5.11 Å². The fourth-order valence-corrected chi connectivity index (χ4v) is 5.51. The molecule has 4 heterocycles. The van der Waals surface area contributed by atoms with E-state index >= 15 is 0 Å². The van der Waals surface area contributed by atoms with Gasteiger partial charge >= 0.3 is 0 Å². The molecule has 246 valence electrons. The monoisotopic (exact) mass is 654 g/mol. The Hall–Kier alpha value is -4.72.